The van der Waals surface area contributed by atoms with Crippen molar-refractivity contribution in [2.24, 2.45) is 4.99 Å². The second kappa shape index (κ2) is 8.93. The molecular formula is C23H20F2N6O. The number of amides is 1. The molecule has 0 fully saturated rings. The van der Waals surface area contributed by atoms with Gasteiger partial charge in [-0.2, -0.15) is 5.10 Å². The lowest BCUT2D eigenvalue weighted by Crippen LogP contribution is -2.28. The van der Waals surface area contributed by atoms with Crippen LogP contribution in [0.2, 0.25) is 0 Å². The smallest absolute Gasteiger partial charge is 0.255 e. The predicted molar refractivity (Wildman–Crippen MR) is 121 cm³/mol. The van der Waals surface area contributed by atoms with E-state index in [9.17, 15) is 13.6 Å². The number of nitrogens with zero attached hydrogens (tertiary/aromatic N) is 4. The molecule has 0 saturated carbocycles. The second-order valence-corrected chi connectivity index (χ2v) is 6.99. The van der Waals surface area contributed by atoms with Crippen LogP contribution in [0.15, 0.2) is 66.3 Å². The molecule has 2 N–H and O–H groups in total. The van der Waals surface area contributed by atoms with Crippen LogP contribution in [0.1, 0.15) is 22.8 Å². The third-order valence-corrected chi connectivity index (χ3v) is 4.94. The molecule has 32 heavy (non-hydrogen) atoms. The highest BCUT2D eigenvalue weighted by atomic mass is 19.3. The average Bonchev–Trinajstić information content (AvgIpc) is 3.40. The maximum Gasteiger partial charge on any atom is 0.255 e. The quantitative estimate of drug-likeness (QED) is 0.332. The summed E-state index contributed by atoms with van der Waals surface area (Å²) in [5.74, 6) is -0.599. The largest absolute Gasteiger partial charge is 0.346 e. The Kier molecular flexibility index (Phi) is 5.89. The van der Waals surface area contributed by atoms with Crippen LogP contribution in [0.4, 0.5) is 8.78 Å². The number of allylic oxidation sites excluding steroid dienone is 3. The number of hydrogen-bond acceptors (Lipinski definition) is 4. The Morgan fingerprint density at radius 1 is 1.38 bits per heavy atom. The molecule has 0 saturated heterocycles. The Bertz CT molecular complexity index is 1370. The summed E-state index contributed by atoms with van der Waals surface area (Å²) in [6.07, 6.45) is 9.55. The van der Waals surface area contributed by atoms with Gasteiger partial charge in [-0.1, -0.05) is 12.2 Å². The molecule has 0 atom stereocenters. The van der Waals surface area contributed by atoms with E-state index in [1.807, 2.05) is 37.4 Å². The molecule has 0 radical (unpaired) electrons. The summed E-state index contributed by atoms with van der Waals surface area (Å²) >= 11 is 0. The number of aromatic nitrogens is 4. The van der Waals surface area contributed by atoms with E-state index in [0.29, 0.717) is 11.2 Å². The summed E-state index contributed by atoms with van der Waals surface area (Å²) in [7, 11) is 0. The number of carbonyl (C=O) groups excluding carboxylic acids is 1. The maximum atomic E-state index is 12.5. The number of fused-ring (bicyclic) bond motifs is 2. The van der Waals surface area contributed by atoms with Gasteiger partial charge in [0.05, 0.1) is 23.8 Å². The summed E-state index contributed by atoms with van der Waals surface area (Å²) in [4.78, 5) is 23.9. The van der Waals surface area contributed by atoms with E-state index in [1.165, 1.54) is 10.7 Å². The van der Waals surface area contributed by atoms with Gasteiger partial charge in [0.2, 0.25) is 0 Å². The number of hydrogen-bond donors (Lipinski definition) is 2. The Morgan fingerprint density at radius 3 is 2.97 bits per heavy atom. The van der Waals surface area contributed by atoms with Crippen molar-refractivity contribution < 1.29 is 13.6 Å². The predicted octanol–water partition coefficient (Wildman–Crippen LogP) is 4.49. The fourth-order valence-electron chi connectivity index (χ4n) is 3.48. The highest BCUT2D eigenvalue weighted by Crippen LogP contribution is 2.31. The van der Waals surface area contributed by atoms with E-state index < -0.39 is 18.9 Å². The van der Waals surface area contributed by atoms with E-state index in [4.69, 9.17) is 0 Å². The third kappa shape index (κ3) is 4.04. The SMILES string of the molecule is C=N/C=C(\C=C/C)c1cnc2[nH]cc(-c3ccn4ncc(C(=O)NCC(F)F)c4c3)c2c1. The number of aliphatic imine (C=N–C) groups is 1. The lowest BCUT2D eigenvalue weighted by molar-refractivity contribution is 0.0893. The number of rotatable bonds is 7. The summed E-state index contributed by atoms with van der Waals surface area (Å²) in [6.45, 7) is 4.73. The lowest BCUT2D eigenvalue weighted by Gasteiger charge is -2.06. The number of nitrogens with one attached hydrogen (secondary N) is 2. The van der Waals surface area contributed by atoms with Crippen molar-refractivity contribution in [2.45, 2.75) is 13.3 Å². The van der Waals surface area contributed by atoms with Gasteiger partial charge in [0, 0.05) is 46.9 Å². The van der Waals surface area contributed by atoms with Crippen molar-refractivity contribution in [1.82, 2.24) is 24.9 Å². The Balaban J connectivity index is 1.78. The number of carbonyl (C=O) groups is 1. The first-order chi connectivity index (χ1) is 15.5. The minimum Gasteiger partial charge on any atom is -0.346 e. The first-order valence-electron chi connectivity index (χ1n) is 9.82. The molecule has 0 aromatic carbocycles. The van der Waals surface area contributed by atoms with E-state index in [0.717, 1.165) is 27.6 Å². The molecule has 0 aliphatic rings. The number of aromatic amines is 1. The molecule has 4 aromatic rings. The summed E-state index contributed by atoms with van der Waals surface area (Å²) < 4.78 is 26.5. The molecule has 4 aromatic heterocycles. The van der Waals surface area contributed by atoms with Crippen LogP contribution in [-0.4, -0.2) is 45.2 Å². The Labute approximate surface area is 182 Å². The van der Waals surface area contributed by atoms with Crippen molar-refractivity contribution in [2.75, 3.05) is 6.54 Å². The lowest BCUT2D eigenvalue weighted by atomic mass is 10.0. The molecule has 4 rings (SSSR count). The van der Waals surface area contributed by atoms with Crippen LogP contribution in [0, 0.1) is 0 Å². The Hall–Kier alpha value is -4.14. The van der Waals surface area contributed by atoms with Gasteiger partial charge in [-0.25, -0.2) is 18.3 Å². The van der Waals surface area contributed by atoms with Gasteiger partial charge >= 0.3 is 0 Å². The van der Waals surface area contributed by atoms with Crippen LogP contribution in [0.25, 0.3) is 33.3 Å². The van der Waals surface area contributed by atoms with Gasteiger partial charge in [0.1, 0.15) is 5.65 Å². The minimum atomic E-state index is -2.62. The summed E-state index contributed by atoms with van der Waals surface area (Å²) in [5.41, 5.74) is 4.89. The zero-order valence-corrected chi connectivity index (χ0v) is 17.2. The van der Waals surface area contributed by atoms with Gasteiger partial charge in [0.25, 0.3) is 12.3 Å². The van der Waals surface area contributed by atoms with Crippen molar-refractivity contribution in [3.63, 3.8) is 0 Å². The molecule has 0 aliphatic carbocycles. The van der Waals surface area contributed by atoms with Crippen molar-refractivity contribution in [1.29, 1.82) is 0 Å². The van der Waals surface area contributed by atoms with Crippen molar-refractivity contribution in [3.05, 3.63) is 72.5 Å². The van der Waals surface area contributed by atoms with Gasteiger partial charge in [-0.3, -0.25) is 9.79 Å². The number of halogens is 2. The molecule has 7 nitrogen and oxygen atoms in total. The third-order valence-electron chi connectivity index (χ3n) is 4.94. The monoisotopic (exact) mass is 434 g/mol. The molecule has 162 valence electrons. The van der Waals surface area contributed by atoms with Crippen LogP contribution in [0.3, 0.4) is 0 Å². The fourth-order valence-corrected chi connectivity index (χ4v) is 3.48. The van der Waals surface area contributed by atoms with Crippen LogP contribution >= 0.6 is 0 Å². The van der Waals surface area contributed by atoms with E-state index in [2.05, 4.69) is 32.1 Å². The Morgan fingerprint density at radius 2 is 2.22 bits per heavy atom. The number of pyridine rings is 2. The molecule has 4 heterocycles. The van der Waals surface area contributed by atoms with Crippen molar-refractivity contribution >= 4 is 34.7 Å². The summed E-state index contributed by atoms with van der Waals surface area (Å²) in [6, 6.07) is 5.67. The highest BCUT2D eigenvalue weighted by molar-refractivity contribution is 6.02. The van der Waals surface area contributed by atoms with Crippen LogP contribution in [-0.2, 0) is 0 Å². The van der Waals surface area contributed by atoms with Crippen LogP contribution in [0.5, 0.6) is 0 Å². The topological polar surface area (TPSA) is 87.4 Å². The van der Waals surface area contributed by atoms with Crippen molar-refractivity contribution in [3.8, 4) is 11.1 Å². The molecule has 0 aliphatic heterocycles. The minimum absolute atomic E-state index is 0.224. The van der Waals surface area contributed by atoms with Gasteiger partial charge < -0.3 is 10.3 Å². The molecule has 0 spiro atoms. The number of alkyl halides is 2. The zero-order valence-electron chi connectivity index (χ0n) is 17.2. The zero-order chi connectivity index (χ0) is 22.7. The molecule has 9 heteroatoms. The normalized spacial score (nSPS) is 12.3. The molecular weight excluding hydrogens is 414 g/mol. The van der Waals surface area contributed by atoms with Gasteiger partial charge in [-0.15, -0.1) is 0 Å². The fraction of sp³-hybridized carbons (Fsp3) is 0.130. The van der Waals surface area contributed by atoms with Gasteiger partial charge in [-0.05, 0) is 37.4 Å². The van der Waals surface area contributed by atoms with Gasteiger partial charge in [0.15, 0.2) is 0 Å². The highest BCUT2D eigenvalue weighted by Gasteiger charge is 2.16. The van der Waals surface area contributed by atoms with Crippen LogP contribution < -0.4 is 5.32 Å². The maximum absolute atomic E-state index is 12.5. The summed E-state index contributed by atoms with van der Waals surface area (Å²) in [5, 5.41) is 7.25. The standard InChI is InChI=1S/C23H20F2N6O/c1-3-4-15(9-26-2)16-7-17-18(11-28-22(17)27-10-16)14-5-6-31-20(8-14)19(12-30-31)23(32)29-13-21(24)25/h3-12,21H,2,13H2,1H3,(H,27,28)(H,29,32)/b4-3-,15-9+. The number of H-pyrrole nitrogens is 1. The molecule has 0 bridgehead atoms. The first kappa shape index (κ1) is 21.1. The van der Waals surface area contributed by atoms with E-state index in [1.54, 1.807) is 24.7 Å². The first-order valence-corrected chi connectivity index (χ1v) is 9.82. The molecule has 0 unspecified atom stereocenters. The van der Waals surface area contributed by atoms with E-state index in [-0.39, 0.29) is 5.56 Å². The average molecular weight is 434 g/mol. The second-order valence-electron chi connectivity index (χ2n) is 6.99. The molecule has 1 amide bonds. The van der Waals surface area contributed by atoms with E-state index >= 15 is 0 Å².